The number of amides is 2. The number of ether oxygens (including phenoxy) is 2. The number of benzene rings is 1. The first-order chi connectivity index (χ1) is 12.3. The smallest absolute Gasteiger partial charge is 0.409 e. The van der Waals surface area contributed by atoms with Gasteiger partial charge in [-0.3, -0.25) is 0 Å². The molecule has 1 aliphatic heterocycles. The Morgan fingerprint density at radius 2 is 2.00 bits per heavy atom. The highest BCUT2D eigenvalue weighted by Gasteiger charge is 2.44. The summed E-state index contributed by atoms with van der Waals surface area (Å²) in [4.78, 5) is 25.4. The van der Waals surface area contributed by atoms with Gasteiger partial charge in [0.05, 0.1) is 18.8 Å². The molecular formula is C19H28N2O5. The number of rotatable bonds is 6. The van der Waals surface area contributed by atoms with Crippen LogP contribution in [0.5, 0.6) is 0 Å². The molecule has 1 heterocycles. The molecule has 7 heteroatoms. The van der Waals surface area contributed by atoms with Crippen molar-refractivity contribution in [1.29, 1.82) is 0 Å². The summed E-state index contributed by atoms with van der Waals surface area (Å²) in [7, 11) is 0. The fraction of sp³-hybridized carbons (Fsp3) is 0.579. The molecule has 0 saturated carbocycles. The molecule has 1 aliphatic rings. The number of carbonyl (C=O) groups is 2. The molecule has 144 valence electrons. The lowest BCUT2D eigenvalue weighted by molar-refractivity contribution is 0.0284. The molecule has 26 heavy (non-hydrogen) atoms. The van der Waals surface area contributed by atoms with Crippen molar-refractivity contribution in [2.45, 2.75) is 33.0 Å². The lowest BCUT2D eigenvalue weighted by Crippen LogP contribution is -2.41. The molecule has 0 bridgehead atoms. The van der Waals surface area contributed by atoms with Gasteiger partial charge in [-0.15, -0.1) is 0 Å². The third kappa shape index (κ3) is 5.91. The normalized spacial score (nSPS) is 22.3. The van der Waals surface area contributed by atoms with Gasteiger partial charge >= 0.3 is 12.2 Å². The molecule has 1 aromatic rings. The molecule has 1 aromatic carbocycles. The summed E-state index contributed by atoms with van der Waals surface area (Å²) in [6.07, 6.45) is -0.987. The maximum absolute atomic E-state index is 12.1. The fourth-order valence-corrected chi connectivity index (χ4v) is 2.78. The molecule has 2 amide bonds. The van der Waals surface area contributed by atoms with Gasteiger partial charge in [0.15, 0.2) is 0 Å². The lowest BCUT2D eigenvalue weighted by Gasteiger charge is -2.23. The summed E-state index contributed by atoms with van der Waals surface area (Å²) in [5.41, 5.74) is -0.196. The van der Waals surface area contributed by atoms with E-state index in [1.807, 2.05) is 44.2 Å². The summed E-state index contributed by atoms with van der Waals surface area (Å²) >= 11 is 0. The first-order valence-corrected chi connectivity index (χ1v) is 8.86. The van der Waals surface area contributed by atoms with E-state index in [2.05, 4.69) is 5.32 Å². The first-order valence-electron chi connectivity index (χ1n) is 8.86. The number of nitrogens with zero attached hydrogens (tertiary/aromatic N) is 1. The predicted octanol–water partition coefficient (Wildman–Crippen LogP) is 2.39. The maximum Gasteiger partial charge on any atom is 0.409 e. The standard InChI is InChI=1S/C19H28N2O5/c1-14(2)11-26-18(23)21-10-16(19(3,24)13-21)9-20-17(22)25-12-15-7-5-4-6-8-15/h4-8,14,16,24H,9-13H2,1-3H3,(H,20,22). The van der Waals surface area contributed by atoms with E-state index in [0.29, 0.717) is 13.2 Å². The van der Waals surface area contributed by atoms with E-state index >= 15 is 0 Å². The van der Waals surface area contributed by atoms with Gasteiger partial charge in [-0.2, -0.15) is 0 Å². The monoisotopic (exact) mass is 364 g/mol. The highest BCUT2D eigenvalue weighted by Crippen LogP contribution is 2.27. The van der Waals surface area contributed by atoms with Gasteiger partial charge in [0, 0.05) is 19.0 Å². The van der Waals surface area contributed by atoms with Gasteiger partial charge in [0.2, 0.25) is 0 Å². The molecule has 1 saturated heterocycles. The predicted molar refractivity (Wildman–Crippen MR) is 96.5 cm³/mol. The quantitative estimate of drug-likeness (QED) is 0.809. The first kappa shape index (κ1) is 20.0. The van der Waals surface area contributed by atoms with Crippen LogP contribution in [0.2, 0.25) is 0 Å². The van der Waals surface area contributed by atoms with Crippen LogP contribution in [0.15, 0.2) is 30.3 Å². The number of nitrogens with one attached hydrogen (secondary N) is 1. The minimum atomic E-state index is -1.09. The minimum Gasteiger partial charge on any atom is -0.449 e. The molecule has 2 unspecified atom stereocenters. The van der Waals surface area contributed by atoms with Crippen molar-refractivity contribution in [1.82, 2.24) is 10.2 Å². The SMILES string of the molecule is CC(C)COC(=O)N1CC(CNC(=O)OCc2ccccc2)C(C)(O)C1. The number of likely N-dealkylation sites (tertiary alicyclic amines) is 1. The Bertz CT molecular complexity index is 603. The second kappa shape index (κ2) is 8.89. The molecular weight excluding hydrogens is 336 g/mol. The molecule has 0 spiro atoms. The van der Waals surface area contributed by atoms with Crippen LogP contribution in [0.3, 0.4) is 0 Å². The lowest BCUT2D eigenvalue weighted by atomic mass is 9.93. The van der Waals surface area contributed by atoms with E-state index in [-0.39, 0.29) is 31.5 Å². The van der Waals surface area contributed by atoms with E-state index in [1.54, 1.807) is 6.92 Å². The molecule has 1 fully saturated rings. The summed E-state index contributed by atoms with van der Waals surface area (Å²) in [5.74, 6) is -0.0442. The van der Waals surface area contributed by atoms with E-state index in [1.165, 1.54) is 4.90 Å². The largest absolute Gasteiger partial charge is 0.449 e. The zero-order valence-electron chi connectivity index (χ0n) is 15.6. The van der Waals surface area contributed by atoms with Crippen molar-refractivity contribution in [2.75, 3.05) is 26.2 Å². The highest BCUT2D eigenvalue weighted by molar-refractivity contribution is 5.69. The van der Waals surface area contributed by atoms with Crippen LogP contribution in [-0.4, -0.2) is 54.0 Å². The molecule has 0 aliphatic carbocycles. The highest BCUT2D eigenvalue weighted by atomic mass is 16.6. The van der Waals surface area contributed by atoms with E-state index in [9.17, 15) is 14.7 Å². The number of carbonyl (C=O) groups excluding carboxylic acids is 2. The molecule has 2 rings (SSSR count). The number of hydrogen-bond acceptors (Lipinski definition) is 5. The molecule has 2 atom stereocenters. The van der Waals surface area contributed by atoms with Crippen molar-refractivity contribution in [3.8, 4) is 0 Å². The van der Waals surface area contributed by atoms with Crippen LogP contribution in [0, 0.1) is 11.8 Å². The van der Waals surface area contributed by atoms with Crippen LogP contribution in [-0.2, 0) is 16.1 Å². The van der Waals surface area contributed by atoms with Crippen LogP contribution in [0.25, 0.3) is 0 Å². The number of hydrogen-bond donors (Lipinski definition) is 2. The zero-order valence-corrected chi connectivity index (χ0v) is 15.6. The van der Waals surface area contributed by atoms with E-state index in [0.717, 1.165) is 5.56 Å². The summed E-state index contributed by atoms with van der Waals surface area (Å²) in [6.45, 7) is 6.81. The van der Waals surface area contributed by atoms with Crippen LogP contribution < -0.4 is 5.32 Å². The molecule has 2 N–H and O–H groups in total. The number of β-amino-alcohol motifs (C(OH)–C–C–N with tert-alkyl or cyclic N) is 1. The van der Waals surface area contributed by atoms with Crippen molar-refractivity contribution in [2.24, 2.45) is 11.8 Å². The van der Waals surface area contributed by atoms with Gasteiger partial charge in [-0.1, -0.05) is 44.2 Å². The van der Waals surface area contributed by atoms with Crippen molar-refractivity contribution >= 4 is 12.2 Å². The Kier molecular flexibility index (Phi) is 6.85. The Balaban J connectivity index is 1.77. The average molecular weight is 364 g/mol. The Labute approximate surface area is 154 Å². The number of aliphatic hydroxyl groups is 1. The van der Waals surface area contributed by atoms with Gasteiger partial charge in [-0.25, -0.2) is 9.59 Å². The molecule has 0 radical (unpaired) electrons. The molecule has 7 nitrogen and oxygen atoms in total. The topological polar surface area (TPSA) is 88.1 Å². The zero-order chi connectivity index (χ0) is 19.2. The van der Waals surface area contributed by atoms with Gasteiger partial charge in [0.1, 0.15) is 6.61 Å². The third-order valence-electron chi connectivity index (χ3n) is 4.34. The Morgan fingerprint density at radius 3 is 2.65 bits per heavy atom. The van der Waals surface area contributed by atoms with Crippen molar-refractivity contribution in [3.05, 3.63) is 35.9 Å². The summed E-state index contributed by atoms with van der Waals surface area (Å²) in [5, 5.41) is 13.2. The second-order valence-corrected chi connectivity index (χ2v) is 7.35. The molecule has 0 aromatic heterocycles. The van der Waals surface area contributed by atoms with Crippen molar-refractivity contribution < 1.29 is 24.2 Å². The second-order valence-electron chi connectivity index (χ2n) is 7.35. The summed E-state index contributed by atoms with van der Waals surface area (Å²) < 4.78 is 10.4. The van der Waals surface area contributed by atoms with Crippen LogP contribution in [0.1, 0.15) is 26.3 Å². The third-order valence-corrected chi connectivity index (χ3v) is 4.34. The minimum absolute atomic E-state index is 0.176. The Hall–Kier alpha value is -2.28. The van der Waals surface area contributed by atoms with Crippen LogP contribution >= 0.6 is 0 Å². The fourth-order valence-electron chi connectivity index (χ4n) is 2.78. The van der Waals surface area contributed by atoms with Crippen molar-refractivity contribution in [3.63, 3.8) is 0 Å². The van der Waals surface area contributed by atoms with Gasteiger partial charge in [0.25, 0.3) is 0 Å². The summed E-state index contributed by atoms with van der Waals surface area (Å²) in [6, 6.07) is 9.38. The Morgan fingerprint density at radius 1 is 1.31 bits per heavy atom. The van der Waals surface area contributed by atoms with E-state index < -0.39 is 17.8 Å². The maximum atomic E-state index is 12.1. The number of alkyl carbamates (subject to hydrolysis) is 1. The van der Waals surface area contributed by atoms with Gasteiger partial charge < -0.3 is 24.8 Å². The van der Waals surface area contributed by atoms with Crippen LogP contribution in [0.4, 0.5) is 9.59 Å². The van der Waals surface area contributed by atoms with Gasteiger partial charge in [-0.05, 0) is 18.4 Å². The van der Waals surface area contributed by atoms with E-state index in [4.69, 9.17) is 9.47 Å². The average Bonchev–Trinajstić information content (AvgIpc) is 2.91.